The van der Waals surface area contributed by atoms with E-state index in [1.165, 1.54) is 60.9 Å². The molecule has 0 aliphatic rings. The Hall–Kier alpha value is -6.64. The second-order valence-electron chi connectivity index (χ2n) is 12.6. The third kappa shape index (κ3) is 5.34. The highest BCUT2D eigenvalue weighted by Crippen LogP contribution is 2.43. The van der Waals surface area contributed by atoms with Crippen LogP contribution in [-0.2, 0) is 0 Å². The summed E-state index contributed by atoms with van der Waals surface area (Å²) in [5.41, 5.74) is 15.4. The van der Waals surface area contributed by atoms with E-state index in [-0.39, 0.29) is 0 Å². The van der Waals surface area contributed by atoms with Crippen LogP contribution in [0.1, 0.15) is 0 Å². The van der Waals surface area contributed by atoms with Crippen LogP contribution in [0.25, 0.3) is 60.9 Å². The summed E-state index contributed by atoms with van der Waals surface area (Å²) in [7, 11) is 0. The standard InChI is InChI=1S/C48H34N2/c1-4-14-35(15-5-1)37-23-27-40(28-24-37)50(41-29-25-38(26-30-41)36-16-6-2-7-17-36)42-31-32-45-47(34-42)49-33-13-12-22-46(49)48(45)44-21-11-10-20-43(44)39-18-8-3-9-19-39/h1-34H. The molecule has 0 aliphatic carbocycles. The zero-order valence-corrected chi connectivity index (χ0v) is 27.5. The minimum Gasteiger partial charge on any atom is -0.316 e. The Balaban J connectivity index is 1.21. The van der Waals surface area contributed by atoms with Gasteiger partial charge in [0.1, 0.15) is 0 Å². The quantitative estimate of drug-likeness (QED) is 0.169. The molecule has 2 nitrogen and oxygen atoms in total. The van der Waals surface area contributed by atoms with Crippen LogP contribution in [-0.4, -0.2) is 4.40 Å². The molecule has 2 heteroatoms. The Morgan fingerprint density at radius 2 is 0.780 bits per heavy atom. The van der Waals surface area contributed by atoms with Gasteiger partial charge < -0.3 is 9.30 Å². The number of rotatable bonds is 7. The Labute approximate surface area is 292 Å². The van der Waals surface area contributed by atoms with Crippen molar-refractivity contribution >= 4 is 33.5 Å². The third-order valence-corrected chi connectivity index (χ3v) is 9.63. The van der Waals surface area contributed by atoms with Crippen LogP contribution in [0.5, 0.6) is 0 Å². The molecule has 0 amide bonds. The number of fused-ring (bicyclic) bond motifs is 3. The number of hydrogen-bond donors (Lipinski definition) is 0. The lowest BCUT2D eigenvalue weighted by Crippen LogP contribution is -2.10. The van der Waals surface area contributed by atoms with Crippen LogP contribution in [0.3, 0.4) is 0 Å². The van der Waals surface area contributed by atoms with E-state index in [1.54, 1.807) is 0 Å². The SMILES string of the molecule is c1ccc(-c2ccc(N(c3ccc(-c4ccccc4)cc3)c3ccc4c(-c5ccccc5-c5ccccc5)c5ccccn5c4c3)cc2)cc1. The van der Waals surface area contributed by atoms with Crippen LogP contribution >= 0.6 is 0 Å². The van der Waals surface area contributed by atoms with E-state index in [2.05, 4.69) is 216 Å². The van der Waals surface area contributed by atoms with Crippen molar-refractivity contribution in [2.24, 2.45) is 0 Å². The number of nitrogens with zero attached hydrogens (tertiary/aromatic N) is 2. The molecule has 0 spiro atoms. The molecule has 9 rings (SSSR count). The van der Waals surface area contributed by atoms with Crippen molar-refractivity contribution in [1.82, 2.24) is 4.40 Å². The summed E-state index contributed by atoms with van der Waals surface area (Å²) in [5, 5.41) is 1.22. The first-order valence-corrected chi connectivity index (χ1v) is 17.1. The number of hydrogen-bond acceptors (Lipinski definition) is 1. The first kappa shape index (κ1) is 29.5. The molecule has 50 heavy (non-hydrogen) atoms. The molecule has 0 fully saturated rings. The summed E-state index contributed by atoms with van der Waals surface area (Å²) in [6.45, 7) is 0. The van der Waals surface area contributed by atoms with Crippen LogP contribution in [0.15, 0.2) is 206 Å². The molecular weight excluding hydrogens is 605 g/mol. The second-order valence-corrected chi connectivity index (χ2v) is 12.6. The van der Waals surface area contributed by atoms with Crippen molar-refractivity contribution in [3.63, 3.8) is 0 Å². The molecule has 0 bridgehead atoms. The summed E-state index contributed by atoms with van der Waals surface area (Å²) in [4.78, 5) is 2.36. The van der Waals surface area contributed by atoms with Gasteiger partial charge >= 0.3 is 0 Å². The van der Waals surface area contributed by atoms with Crippen molar-refractivity contribution < 1.29 is 0 Å². The fraction of sp³-hybridized carbons (Fsp3) is 0. The van der Waals surface area contributed by atoms with Crippen molar-refractivity contribution in [2.45, 2.75) is 0 Å². The lowest BCUT2D eigenvalue weighted by Gasteiger charge is -2.26. The minimum absolute atomic E-state index is 1.10. The van der Waals surface area contributed by atoms with E-state index in [9.17, 15) is 0 Å². The van der Waals surface area contributed by atoms with Gasteiger partial charge in [0, 0.05) is 34.2 Å². The van der Waals surface area contributed by atoms with Gasteiger partial charge in [-0.1, -0.05) is 152 Å². The molecule has 9 aromatic rings. The largest absolute Gasteiger partial charge is 0.316 e. The normalized spacial score (nSPS) is 11.2. The molecular formula is C48H34N2. The van der Waals surface area contributed by atoms with E-state index < -0.39 is 0 Å². The molecule has 0 N–H and O–H groups in total. The number of aromatic nitrogens is 1. The summed E-state index contributed by atoms with van der Waals surface area (Å²) in [5.74, 6) is 0. The molecule has 0 aliphatic heterocycles. The molecule has 0 saturated carbocycles. The van der Waals surface area contributed by atoms with Crippen molar-refractivity contribution in [3.8, 4) is 44.5 Å². The summed E-state index contributed by atoms with van der Waals surface area (Å²) < 4.78 is 2.34. The summed E-state index contributed by atoms with van der Waals surface area (Å²) in [6, 6.07) is 71.8. The van der Waals surface area contributed by atoms with Crippen molar-refractivity contribution in [3.05, 3.63) is 206 Å². The van der Waals surface area contributed by atoms with E-state index in [0.717, 1.165) is 17.1 Å². The fourth-order valence-corrected chi connectivity index (χ4v) is 7.23. The van der Waals surface area contributed by atoms with Gasteiger partial charge in [-0.05, 0) is 87.5 Å². The van der Waals surface area contributed by atoms with Gasteiger partial charge in [-0.25, -0.2) is 0 Å². The monoisotopic (exact) mass is 638 g/mol. The van der Waals surface area contributed by atoms with E-state index >= 15 is 0 Å². The Bertz CT molecular complexity index is 2470. The zero-order valence-electron chi connectivity index (χ0n) is 27.5. The smallest absolute Gasteiger partial charge is 0.0556 e. The van der Waals surface area contributed by atoms with E-state index in [4.69, 9.17) is 0 Å². The highest BCUT2D eigenvalue weighted by Gasteiger charge is 2.20. The van der Waals surface area contributed by atoms with Crippen molar-refractivity contribution in [2.75, 3.05) is 4.90 Å². The van der Waals surface area contributed by atoms with Crippen molar-refractivity contribution in [1.29, 1.82) is 0 Å². The van der Waals surface area contributed by atoms with Gasteiger partial charge in [0.2, 0.25) is 0 Å². The second kappa shape index (κ2) is 12.8. The average molecular weight is 639 g/mol. The number of pyridine rings is 1. The highest BCUT2D eigenvalue weighted by molar-refractivity contribution is 6.09. The molecule has 236 valence electrons. The van der Waals surface area contributed by atoms with Gasteiger partial charge in [-0.3, -0.25) is 0 Å². The van der Waals surface area contributed by atoms with Gasteiger partial charge in [-0.15, -0.1) is 0 Å². The molecule has 2 aromatic heterocycles. The summed E-state index contributed by atoms with van der Waals surface area (Å²) in [6.07, 6.45) is 2.18. The van der Waals surface area contributed by atoms with Crippen LogP contribution in [0.2, 0.25) is 0 Å². The Morgan fingerprint density at radius 1 is 0.320 bits per heavy atom. The predicted molar refractivity (Wildman–Crippen MR) is 211 cm³/mol. The third-order valence-electron chi connectivity index (χ3n) is 9.63. The number of anilines is 3. The molecule has 2 heterocycles. The average Bonchev–Trinajstić information content (AvgIpc) is 3.53. The van der Waals surface area contributed by atoms with Gasteiger partial charge in [0.15, 0.2) is 0 Å². The zero-order chi connectivity index (χ0) is 33.3. The topological polar surface area (TPSA) is 7.65 Å². The lowest BCUT2D eigenvalue weighted by molar-refractivity contribution is 1.24. The lowest BCUT2D eigenvalue weighted by atomic mass is 9.93. The first-order valence-electron chi connectivity index (χ1n) is 17.1. The van der Waals surface area contributed by atoms with Crippen LogP contribution in [0, 0.1) is 0 Å². The highest BCUT2D eigenvalue weighted by atomic mass is 15.1. The van der Waals surface area contributed by atoms with Crippen LogP contribution < -0.4 is 4.90 Å². The Morgan fingerprint density at radius 3 is 1.36 bits per heavy atom. The molecule has 0 saturated heterocycles. The van der Waals surface area contributed by atoms with E-state index in [0.29, 0.717) is 0 Å². The molecule has 0 unspecified atom stereocenters. The van der Waals surface area contributed by atoms with Gasteiger partial charge in [0.05, 0.1) is 11.0 Å². The fourth-order valence-electron chi connectivity index (χ4n) is 7.23. The predicted octanol–water partition coefficient (Wildman–Crippen LogP) is 13.2. The Kier molecular flexibility index (Phi) is 7.53. The van der Waals surface area contributed by atoms with Gasteiger partial charge in [0.25, 0.3) is 0 Å². The minimum atomic E-state index is 1.10. The van der Waals surface area contributed by atoms with Gasteiger partial charge in [-0.2, -0.15) is 0 Å². The first-order chi connectivity index (χ1) is 24.8. The number of benzene rings is 7. The maximum atomic E-state index is 2.36. The molecule has 0 atom stereocenters. The molecule has 0 radical (unpaired) electrons. The summed E-state index contributed by atoms with van der Waals surface area (Å²) >= 11 is 0. The maximum absolute atomic E-state index is 2.36. The van der Waals surface area contributed by atoms with Crippen LogP contribution in [0.4, 0.5) is 17.1 Å². The van der Waals surface area contributed by atoms with E-state index in [1.807, 2.05) is 0 Å². The maximum Gasteiger partial charge on any atom is 0.0556 e. The molecule has 7 aromatic carbocycles.